The number of pyridine rings is 1. The van der Waals surface area contributed by atoms with Crippen LogP contribution < -0.4 is 4.57 Å². The average molecular weight is 263 g/mol. The molecule has 0 radical (unpaired) electrons. The third-order valence-electron chi connectivity index (χ3n) is 3.95. The van der Waals surface area contributed by atoms with Gasteiger partial charge in [0.1, 0.15) is 7.05 Å². The van der Waals surface area contributed by atoms with E-state index in [9.17, 15) is 0 Å². The van der Waals surface area contributed by atoms with Crippen LogP contribution in [-0.4, -0.2) is 0 Å². The highest BCUT2D eigenvalue weighted by Gasteiger charge is 2.16. The van der Waals surface area contributed by atoms with Crippen LogP contribution in [0.5, 0.6) is 0 Å². The minimum Gasteiger partial charge on any atom is -0.200 e. The van der Waals surface area contributed by atoms with Crippen LogP contribution in [0.2, 0.25) is 0 Å². The monoisotopic (exact) mass is 263 g/mol. The van der Waals surface area contributed by atoms with Gasteiger partial charge in [-0.05, 0) is 42.0 Å². The van der Waals surface area contributed by atoms with Crippen molar-refractivity contribution in [2.45, 2.75) is 20.3 Å². The smallest absolute Gasteiger partial charge is 0.200 e. The zero-order valence-corrected chi connectivity index (χ0v) is 12.3. The number of rotatable bonds is 2. The fourth-order valence-electron chi connectivity index (χ4n) is 2.73. The molecule has 1 heteroatoms. The molecule has 0 fully saturated rings. The van der Waals surface area contributed by atoms with Gasteiger partial charge in [0.2, 0.25) is 5.69 Å². The molecule has 0 saturated heterocycles. The summed E-state index contributed by atoms with van der Waals surface area (Å²) in [5, 5.41) is 2.32. The molecule has 3 rings (SSSR count). The molecule has 0 aliphatic carbocycles. The van der Waals surface area contributed by atoms with Gasteiger partial charge >= 0.3 is 0 Å². The summed E-state index contributed by atoms with van der Waals surface area (Å²) in [5.41, 5.74) is 5.13. The van der Waals surface area contributed by atoms with E-state index in [4.69, 9.17) is 1.37 Å². The quantitative estimate of drug-likeness (QED) is 0.610. The molecule has 3 aromatic rings. The number of benzene rings is 2. The first-order chi connectivity index (χ1) is 10.1. The number of fused-ring (bicyclic) bond motifs is 1. The van der Waals surface area contributed by atoms with Crippen molar-refractivity contribution in [3.05, 3.63) is 65.8 Å². The normalized spacial score (nSPS) is 11.7. The molecule has 0 spiro atoms. The zero-order chi connectivity index (χ0) is 15.0. The predicted octanol–water partition coefficient (Wildman–Crippen LogP) is 4.20. The minimum atomic E-state index is 0.557. The van der Waals surface area contributed by atoms with Gasteiger partial charge in [-0.3, -0.25) is 0 Å². The lowest BCUT2D eigenvalue weighted by molar-refractivity contribution is -0.659. The van der Waals surface area contributed by atoms with E-state index >= 15 is 0 Å². The standard InChI is InChI=1S/C19H20N/c1-4-15-10-9-14(2)18(13-15)19-17-8-6-5-7-16(17)11-12-20(19)3/h5-13H,4H2,1-3H3/q+1/i5D. The van der Waals surface area contributed by atoms with E-state index in [1.54, 1.807) is 0 Å². The Balaban J connectivity index is 2.36. The average Bonchev–Trinajstić information content (AvgIpc) is 2.48. The molecule has 1 aromatic heterocycles. The Morgan fingerprint density at radius 3 is 2.80 bits per heavy atom. The van der Waals surface area contributed by atoms with E-state index in [1.165, 1.54) is 27.8 Å². The summed E-state index contributed by atoms with van der Waals surface area (Å²) in [5.74, 6) is 0. The maximum Gasteiger partial charge on any atom is 0.220 e. The Kier molecular flexibility index (Phi) is 2.96. The highest BCUT2D eigenvalue weighted by Crippen LogP contribution is 2.28. The van der Waals surface area contributed by atoms with Crippen molar-refractivity contribution in [1.29, 1.82) is 0 Å². The Bertz CT molecular complexity index is 821. The van der Waals surface area contributed by atoms with Crippen LogP contribution in [-0.2, 0) is 13.5 Å². The molecule has 2 aromatic carbocycles. The highest BCUT2D eigenvalue weighted by atomic mass is 14.9. The van der Waals surface area contributed by atoms with Crippen molar-refractivity contribution in [2.24, 2.45) is 7.05 Å². The van der Waals surface area contributed by atoms with Gasteiger partial charge in [0.05, 0.1) is 6.76 Å². The van der Waals surface area contributed by atoms with E-state index in [0.29, 0.717) is 6.04 Å². The number of hydrogen-bond acceptors (Lipinski definition) is 0. The number of nitrogens with zero attached hydrogens (tertiary/aromatic N) is 1. The largest absolute Gasteiger partial charge is 0.220 e. The maximum absolute atomic E-state index is 7.81. The third-order valence-corrected chi connectivity index (χ3v) is 3.95. The van der Waals surface area contributed by atoms with Gasteiger partial charge in [-0.2, -0.15) is 0 Å². The van der Waals surface area contributed by atoms with E-state index < -0.39 is 0 Å². The summed E-state index contributed by atoms with van der Waals surface area (Å²) in [7, 11) is 2.08. The van der Waals surface area contributed by atoms with Gasteiger partial charge in [-0.1, -0.05) is 37.2 Å². The van der Waals surface area contributed by atoms with Crippen molar-refractivity contribution >= 4 is 10.8 Å². The van der Waals surface area contributed by atoms with Crippen LogP contribution in [0.25, 0.3) is 22.0 Å². The van der Waals surface area contributed by atoms with E-state index in [2.05, 4.69) is 62.0 Å². The summed E-state index contributed by atoms with van der Waals surface area (Å²) >= 11 is 0. The first-order valence-electron chi connectivity index (χ1n) is 7.59. The van der Waals surface area contributed by atoms with Gasteiger partial charge in [0.25, 0.3) is 0 Å². The SMILES string of the molecule is [2H]c1ccc2c(-c3cc(CC)ccc3C)[n+](C)ccc2c1. The van der Waals surface area contributed by atoms with Crippen molar-refractivity contribution in [1.82, 2.24) is 0 Å². The summed E-state index contributed by atoms with van der Waals surface area (Å²) < 4.78 is 9.98. The summed E-state index contributed by atoms with van der Waals surface area (Å²) in [4.78, 5) is 0. The van der Waals surface area contributed by atoms with Crippen LogP contribution in [0.3, 0.4) is 0 Å². The molecule has 0 bridgehead atoms. The fourth-order valence-corrected chi connectivity index (χ4v) is 2.73. The first kappa shape index (κ1) is 11.7. The Morgan fingerprint density at radius 2 is 2.00 bits per heavy atom. The fraction of sp³-hybridized carbons (Fsp3) is 0.211. The predicted molar refractivity (Wildman–Crippen MR) is 84.7 cm³/mol. The van der Waals surface area contributed by atoms with Crippen LogP contribution >= 0.6 is 0 Å². The number of aryl methyl sites for hydroxylation is 3. The van der Waals surface area contributed by atoms with E-state index in [1.807, 2.05) is 12.1 Å². The molecule has 0 aliphatic rings. The molecule has 0 amide bonds. The Labute approximate surface area is 121 Å². The van der Waals surface area contributed by atoms with E-state index in [0.717, 1.165) is 11.8 Å². The highest BCUT2D eigenvalue weighted by molar-refractivity contribution is 5.93. The summed E-state index contributed by atoms with van der Waals surface area (Å²) in [6.45, 7) is 4.34. The molecular formula is C19H20N+. The summed E-state index contributed by atoms with van der Waals surface area (Å²) in [6.07, 6.45) is 3.12. The van der Waals surface area contributed by atoms with Gasteiger partial charge in [-0.25, -0.2) is 4.57 Å². The second-order valence-corrected chi connectivity index (χ2v) is 5.29. The molecule has 1 heterocycles. The van der Waals surface area contributed by atoms with Crippen LogP contribution in [0.1, 0.15) is 19.4 Å². The second kappa shape index (κ2) is 5.09. The number of aromatic nitrogens is 1. The van der Waals surface area contributed by atoms with Crippen LogP contribution in [0.4, 0.5) is 0 Å². The molecule has 0 N–H and O–H groups in total. The first-order valence-corrected chi connectivity index (χ1v) is 7.09. The Morgan fingerprint density at radius 1 is 1.15 bits per heavy atom. The topological polar surface area (TPSA) is 3.88 Å². The zero-order valence-electron chi connectivity index (χ0n) is 13.3. The van der Waals surface area contributed by atoms with Crippen LogP contribution in [0.15, 0.2) is 54.7 Å². The second-order valence-electron chi connectivity index (χ2n) is 5.29. The third kappa shape index (κ3) is 2.09. The van der Waals surface area contributed by atoms with Crippen molar-refractivity contribution in [2.75, 3.05) is 0 Å². The molecule has 100 valence electrons. The van der Waals surface area contributed by atoms with Crippen molar-refractivity contribution in [3.63, 3.8) is 0 Å². The van der Waals surface area contributed by atoms with Crippen molar-refractivity contribution in [3.8, 4) is 11.3 Å². The molecule has 0 aliphatic heterocycles. The molecule has 0 atom stereocenters. The Hall–Kier alpha value is -2.15. The maximum atomic E-state index is 7.81. The number of hydrogen-bond donors (Lipinski definition) is 0. The molecule has 0 unspecified atom stereocenters. The molecule has 20 heavy (non-hydrogen) atoms. The molecular weight excluding hydrogens is 242 g/mol. The van der Waals surface area contributed by atoms with Gasteiger partial charge in [0, 0.05) is 11.6 Å². The van der Waals surface area contributed by atoms with Crippen molar-refractivity contribution < 1.29 is 5.94 Å². The van der Waals surface area contributed by atoms with E-state index in [-0.39, 0.29) is 0 Å². The van der Waals surface area contributed by atoms with Crippen LogP contribution in [0, 0.1) is 6.92 Å². The lowest BCUT2D eigenvalue weighted by Crippen LogP contribution is -2.30. The van der Waals surface area contributed by atoms with Gasteiger partial charge < -0.3 is 0 Å². The molecule has 0 saturated carbocycles. The van der Waals surface area contributed by atoms with Gasteiger partial charge in [0.15, 0.2) is 6.20 Å². The summed E-state index contributed by atoms with van der Waals surface area (Å²) in [6, 6.07) is 15.2. The molecule has 1 nitrogen and oxygen atoms in total. The lowest BCUT2D eigenvalue weighted by atomic mass is 9.97. The lowest BCUT2D eigenvalue weighted by Gasteiger charge is -2.09. The minimum absolute atomic E-state index is 0.557. The van der Waals surface area contributed by atoms with Gasteiger partial charge in [-0.15, -0.1) is 0 Å².